The Hall–Kier alpha value is -2.77. The third-order valence-corrected chi connectivity index (χ3v) is 8.14. The van der Waals surface area contributed by atoms with Gasteiger partial charge >= 0.3 is 6.18 Å². The average Bonchev–Trinajstić information content (AvgIpc) is 3.05. The number of nitrogens with one attached hydrogen (secondary N) is 2. The van der Waals surface area contributed by atoms with Crippen LogP contribution in [0.2, 0.25) is 0 Å². The number of rotatable bonds is 5. The van der Waals surface area contributed by atoms with Crippen molar-refractivity contribution < 1.29 is 30.0 Å². The number of nitrogens with zero attached hydrogens (tertiary/aromatic N) is 2. The molecule has 1 fully saturated rings. The predicted molar refractivity (Wildman–Crippen MR) is 112 cm³/mol. The van der Waals surface area contributed by atoms with E-state index in [1.165, 1.54) is 30.3 Å². The SMILES string of the molecule is O=S1(=O)CCC(NS(=O)(=O)c2ccc(Nc3nc(C(F)(F)F)nc4ccccc34)cc2)C1. The van der Waals surface area contributed by atoms with E-state index in [9.17, 15) is 30.0 Å². The first kappa shape index (κ1) is 22.4. The second-order valence-corrected chi connectivity index (χ2v) is 11.2. The minimum absolute atomic E-state index is 0.0736. The fourth-order valence-electron chi connectivity index (χ4n) is 3.33. The first-order valence-corrected chi connectivity index (χ1v) is 12.7. The molecule has 0 aliphatic carbocycles. The lowest BCUT2D eigenvalue weighted by Crippen LogP contribution is -2.35. The van der Waals surface area contributed by atoms with Crippen LogP contribution in [0.4, 0.5) is 24.7 Å². The molecule has 2 heterocycles. The minimum Gasteiger partial charge on any atom is -0.340 e. The summed E-state index contributed by atoms with van der Waals surface area (Å²) in [4.78, 5) is 7.03. The maximum atomic E-state index is 13.2. The topological polar surface area (TPSA) is 118 Å². The van der Waals surface area contributed by atoms with Crippen molar-refractivity contribution in [2.45, 2.75) is 23.5 Å². The van der Waals surface area contributed by atoms with Crippen LogP contribution in [0.3, 0.4) is 0 Å². The van der Waals surface area contributed by atoms with Crippen LogP contribution in [0.25, 0.3) is 10.9 Å². The van der Waals surface area contributed by atoms with Gasteiger partial charge in [0.15, 0.2) is 9.84 Å². The molecule has 2 aromatic carbocycles. The fourth-order valence-corrected chi connectivity index (χ4v) is 6.38. The Labute approximate surface area is 181 Å². The normalized spacial score (nSPS) is 18.7. The van der Waals surface area contributed by atoms with Crippen LogP contribution in [0.1, 0.15) is 12.2 Å². The first-order valence-electron chi connectivity index (χ1n) is 9.37. The van der Waals surface area contributed by atoms with Crippen molar-refractivity contribution in [3.05, 3.63) is 54.4 Å². The highest BCUT2D eigenvalue weighted by Gasteiger charge is 2.35. The maximum Gasteiger partial charge on any atom is 0.451 e. The number of hydrogen-bond acceptors (Lipinski definition) is 7. The van der Waals surface area contributed by atoms with Gasteiger partial charge in [-0.15, -0.1) is 0 Å². The molecule has 0 radical (unpaired) electrons. The summed E-state index contributed by atoms with van der Waals surface area (Å²) in [6.45, 7) is 0. The number of anilines is 2. The van der Waals surface area contributed by atoms with Gasteiger partial charge in [-0.2, -0.15) is 13.2 Å². The Bertz CT molecular complexity index is 1380. The molecule has 0 amide bonds. The van der Waals surface area contributed by atoms with Gasteiger partial charge in [0, 0.05) is 17.1 Å². The van der Waals surface area contributed by atoms with Gasteiger partial charge in [0.25, 0.3) is 0 Å². The van der Waals surface area contributed by atoms with Gasteiger partial charge in [-0.1, -0.05) is 12.1 Å². The predicted octanol–water partition coefficient (Wildman–Crippen LogP) is 2.86. The molecule has 13 heteroatoms. The van der Waals surface area contributed by atoms with Gasteiger partial charge in [-0.25, -0.2) is 31.5 Å². The van der Waals surface area contributed by atoms with E-state index >= 15 is 0 Å². The summed E-state index contributed by atoms with van der Waals surface area (Å²) in [7, 11) is -7.21. The molecule has 2 N–H and O–H groups in total. The molecule has 170 valence electrons. The van der Waals surface area contributed by atoms with Crippen LogP contribution in [-0.4, -0.2) is 44.4 Å². The number of sulfonamides is 1. The summed E-state index contributed by atoms with van der Waals surface area (Å²) in [5.74, 6) is -1.70. The van der Waals surface area contributed by atoms with Gasteiger partial charge in [0.2, 0.25) is 15.8 Å². The van der Waals surface area contributed by atoms with Gasteiger partial charge in [0.05, 0.1) is 21.9 Å². The van der Waals surface area contributed by atoms with E-state index in [0.717, 1.165) is 0 Å². The van der Waals surface area contributed by atoms with Crippen molar-refractivity contribution in [3.63, 3.8) is 0 Å². The van der Waals surface area contributed by atoms with Crippen molar-refractivity contribution in [2.24, 2.45) is 0 Å². The third kappa shape index (κ3) is 4.84. The third-order valence-electron chi connectivity index (χ3n) is 4.84. The molecule has 1 unspecified atom stereocenters. The molecule has 0 saturated carbocycles. The van der Waals surface area contributed by atoms with E-state index in [-0.39, 0.29) is 34.2 Å². The van der Waals surface area contributed by atoms with Crippen LogP contribution < -0.4 is 10.0 Å². The van der Waals surface area contributed by atoms with Crippen LogP contribution in [0, 0.1) is 0 Å². The Morgan fingerprint density at radius 2 is 1.69 bits per heavy atom. The molecule has 3 aromatic rings. The quantitative estimate of drug-likeness (QED) is 0.569. The molecule has 1 aliphatic rings. The summed E-state index contributed by atoms with van der Waals surface area (Å²) in [6, 6.07) is 10.8. The molecule has 1 aromatic heterocycles. The molecule has 32 heavy (non-hydrogen) atoms. The second kappa shape index (κ2) is 7.98. The monoisotopic (exact) mass is 486 g/mol. The summed E-state index contributed by atoms with van der Waals surface area (Å²) in [5, 5.41) is 3.14. The highest BCUT2D eigenvalue weighted by Crippen LogP contribution is 2.31. The fraction of sp³-hybridized carbons (Fsp3) is 0.263. The lowest BCUT2D eigenvalue weighted by Gasteiger charge is -2.14. The van der Waals surface area contributed by atoms with E-state index in [1.54, 1.807) is 18.2 Å². The standard InChI is InChI=1S/C19H17F3N4O4S2/c20-19(21,22)18-24-16-4-2-1-3-15(16)17(25-18)23-12-5-7-14(8-6-12)32(29,30)26-13-9-10-31(27,28)11-13/h1-8,13,26H,9-11H2,(H,23,24,25). The molecule has 1 atom stereocenters. The summed E-state index contributed by atoms with van der Waals surface area (Å²) < 4.78 is 90.0. The number of para-hydroxylation sites is 1. The Kier molecular flexibility index (Phi) is 5.59. The van der Waals surface area contributed by atoms with E-state index in [1.807, 2.05) is 0 Å². The number of aromatic nitrogens is 2. The van der Waals surface area contributed by atoms with Gasteiger partial charge in [-0.05, 0) is 42.8 Å². The maximum absolute atomic E-state index is 13.2. The lowest BCUT2D eigenvalue weighted by atomic mass is 10.2. The number of sulfone groups is 1. The van der Waals surface area contributed by atoms with Crippen LogP contribution in [0.15, 0.2) is 53.4 Å². The van der Waals surface area contributed by atoms with Gasteiger partial charge < -0.3 is 5.32 Å². The molecule has 1 saturated heterocycles. The molecule has 4 rings (SSSR count). The molecule has 0 spiro atoms. The van der Waals surface area contributed by atoms with E-state index in [4.69, 9.17) is 0 Å². The number of hydrogen-bond donors (Lipinski definition) is 2. The second-order valence-electron chi connectivity index (χ2n) is 7.28. The highest BCUT2D eigenvalue weighted by molar-refractivity contribution is 7.92. The minimum atomic E-state index is -4.74. The Morgan fingerprint density at radius 1 is 1.00 bits per heavy atom. The lowest BCUT2D eigenvalue weighted by molar-refractivity contribution is -0.144. The number of benzene rings is 2. The van der Waals surface area contributed by atoms with Crippen molar-refractivity contribution in [2.75, 3.05) is 16.8 Å². The molecular weight excluding hydrogens is 469 g/mol. The summed E-state index contributed by atoms with van der Waals surface area (Å²) in [6.07, 6.45) is -4.54. The molecule has 0 bridgehead atoms. The van der Waals surface area contributed by atoms with Crippen molar-refractivity contribution in [1.29, 1.82) is 0 Å². The molecule has 1 aliphatic heterocycles. The summed E-state index contributed by atoms with van der Waals surface area (Å²) >= 11 is 0. The number of alkyl halides is 3. The van der Waals surface area contributed by atoms with Crippen molar-refractivity contribution >= 4 is 42.3 Å². The smallest absolute Gasteiger partial charge is 0.340 e. The zero-order chi connectivity index (χ0) is 23.1. The zero-order valence-electron chi connectivity index (χ0n) is 16.3. The van der Waals surface area contributed by atoms with Gasteiger partial charge in [-0.3, -0.25) is 0 Å². The average molecular weight is 486 g/mol. The van der Waals surface area contributed by atoms with Crippen LogP contribution in [0.5, 0.6) is 0 Å². The molecule has 8 nitrogen and oxygen atoms in total. The first-order chi connectivity index (χ1) is 14.9. The van der Waals surface area contributed by atoms with E-state index in [0.29, 0.717) is 11.1 Å². The van der Waals surface area contributed by atoms with Gasteiger partial charge in [0.1, 0.15) is 5.82 Å². The largest absolute Gasteiger partial charge is 0.451 e. The van der Waals surface area contributed by atoms with Crippen molar-refractivity contribution in [1.82, 2.24) is 14.7 Å². The van der Waals surface area contributed by atoms with Crippen molar-refractivity contribution in [3.8, 4) is 0 Å². The molecular formula is C19H17F3N4O4S2. The van der Waals surface area contributed by atoms with E-state index in [2.05, 4.69) is 20.0 Å². The Morgan fingerprint density at radius 3 is 2.31 bits per heavy atom. The van der Waals surface area contributed by atoms with E-state index < -0.39 is 37.9 Å². The van der Waals surface area contributed by atoms with Crippen LogP contribution in [-0.2, 0) is 26.0 Å². The Balaban J connectivity index is 1.59. The summed E-state index contributed by atoms with van der Waals surface area (Å²) in [5.41, 5.74) is 0.414. The highest BCUT2D eigenvalue weighted by atomic mass is 32.2. The number of fused-ring (bicyclic) bond motifs is 1. The van der Waals surface area contributed by atoms with Crippen LogP contribution >= 0.6 is 0 Å². The number of halogens is 3. The zero-order valence-corrected chi connectivity index (χ0v) is 17.9.